The molecule has 0 radical (unpaired) electrons. The van der Waals surface area contributed by atoms with E-state index in [-0.39, 0.29) is 0 Å². The zero-order valence-electron chi connectivity index (χ0n) is 18.7. The van der Waals surface area contributed by atoms with Gasteiger partial charge in [-0.15, -0.1) is 0 Å². The molecule has 0 spiro atoms. The third kappa shape index (κ3) is 5.25. The minimum atomic E-state index is -0.391. The third-order valence-electron chi connectivity index (χ3n) is 5.76. The fourth-order valence-corrected chi connectivity index (χ4v) is 4.72. The second kappa shape index (κ2) is 10.2. The van der Waals surface area contributed by atoms with Crippen molar-refractivity contribution in [3.63, 3.8) is 0 Å². The molecule has 4 aromatic rings. The Labute approximate surface area is 215 Å². The molecular weight excluding hydrogens is 534 g/mol. The van der Waals surface area contributed by atoms with Crippen molar-refractivity contribution in [1.29, 1.82) is 0 Å². The number of amides is 2. The third-order valence-corrected chi connectivity index (χ3v) is 6.56. The van der Waals surface area contributed by atoms with Gasteiger partial charge in [-0.1, -0.05) is 39.7 Å². The SMILES string of the molecule is Nc1ncnn2c(CN3CCOCC3)cc(-c3ccc(NC(=O)Nc4cccc(Br)c4)c(Cl)c3)c12. The summed E-state index contributed by atoms with van der Waals surface area (Å²) in [5.74, 6) is 0.384. The molecule has 2 aromatic heterocycles. The molecule has 1 saturated heterocycles. The first-order valence-corrected chi connectivity index (χ1v) is 12.2. The molecule has 0 bridgehead atoms. The predicted molar refractivity (Wildman–Crippen MR) is 141 cm³/mol. The van der Waals surface area contributed by atoms with Crippen molar-refractivity contribution < 1.29 is 9.53 Å². The van der Waals surface area contributed by atoms with Crippen LogP contribution >= 0.6 is 27.5 Å². The number of ether oxygens (including phenoxy) is 1. The van der Waals surface area contributed by atoms with E-state index in [1.54, 1.807) is 18.2 Å². The van der Waals surface area contributed by atoms with Crippen LogP contribution in [0.3, 0.4) is 0 Å². The Balaban J connectivity index is 1.41. The molecule has 0 aliphatic carbocycles. The first kappa shape index (κ1) is 23.6. The molecule has 1 aliphatic rings. The zero-order valence-corrected chi connectivity index (χ0v) is 21.0. The van der Waals surface area contributed by atoms with Gasteiger partial charge in [0.2, 0.25) is 0 Å². The van der Waals surface area contributed by atoms with Gasteiger partial charge in [0, 0.05) is 35.4 Å². The van der Waals surface area contributed by atoms with E-state index in [9.17, 15) is 4.79 Å². The molecule has 180 valence electrons. The fraction of sp³-hybridized carbons (Fsp3) is 0.208. The van der Waals surface area contributed by atoms with Crippen LogP contribution in [0.15, 0.2) is 59.3 Å². The van der Waals surface area contributed by atoms with Crippen molar-refractivity contribution >= 4 is 56.3 Å². The van der Waals surface area contributed by atoms with Crippen molar-refractivity contribution in [2.45, 2.75) is 6.54 Å². The summed E-state index contributed by atoms with van der Waals surface area (Å²) in [4.78, 5) is 19.0. The molecule has 35 heavy (non-hydrogen) atoms. The monoisotopic (exact) mass is 555 g/mol. The Bertz CT molecular complexity index is 1390. The Morgan fingerprint density at radius 2 is 1.97 bits per heavy atom. The van der Waals surface area contributed by atoms with E-state index in [0.717, 1.165) is 39.9 Å². The van der Waals surface area contributed by atoms with Crippen molar-refractivity contribution in [3.8, 4) is 11.1 Å². The van der Waals surface area contributed by atoms with Crippen LogP contribution in [0, 0.1) is 0 Å². The molecular formula is C24H23BrClN7O2. The lowest BCUT2D eigenvalue weighted by Crippen LogP contribution is -2.36. The van der Waals surface area contributed by atoms with Gasteiger partial charge in [0.1, 0.15) is 11.8 Å². The van der Waals surface area contributed by atoms with Gasteiger partial charge in [0.05, 0.1) is 29.6 Å². The highest BCUT2D eigenvalue weighted by molar-refractivity contribution is 9.10. The number of nitrogens with two attached hydrogens (primary N) is 1. The predicted octanol–water partition coefficient (Wildman–Crippen LogP) is 4.87. The number of carbonyl (C=O) groups is 1. The number of nitrogens with zero attached hydrogens (tertiary/aromatic N) is 4. The van der Waals surface area contributed by atoms with Crippen LogP contribution in [0.2, 0.25) is 5.02 Å². The van der Waals surface area contributed by atoms with Gasteiger partial charge in [-0.2, -0.15) is 5.10 Å². The zero-order chi connectivity index (χ0) is 24.4. The first-order valence-electron chi connectivity index (χ1n) is 11.0. The van der Waals surface area contributed by atoms with E-state index < -0.39 is 6.03 Å². The summed E-state index contributed by atoms with van der Waals surface area (Å²) in [5, 5.41) is 10.4. The van der Waals surface area contributed by atoms with Gasteiger partial charge in [0.25, 0.3) is 0 Å². The maximum absolute atomic E-state index is 12.5. The van der Waals surface area contributed by atoms with Gasteiger partial charge in [-0.3, -0.25) is 4.90 Å². The Hall–Kier alpha value is -3.18. The van der Waals surface area contributed by atoms with E-state index in [4.69, 9.17) is 22.1 Å². The second-order valence-electron chi connectivity index (χ2n) is 8.13. The van der Waals surface area contributed by atoms with Crippen LogP contribution in [0.1, 0.15) is 5.69 Å². The lowest BCUT2D eigenvalue weighted by molar-refractivity contribution is 0.0334. The number of fused-ring (bicyclic) bond motifs is 1. The molecule has 4 N–H and O–H groups in total. The van der Waals surface area contributed by atoms with Gasteiger partial charge >= 0.3 is 6.03 Å². The maximum Gasteiger partial charge on any atom is 0.323 e. The number of nitrogen functional groups attached to an aromatic ring is 1. The summed E-state index contributed by atoms with van der Waals surface area (Å²) in [6.45, 7) is 3.86. The number of rotatable bonds is 5. The Morgan fingerprint density at radius 3 is 2.74 bits per heavy atom. The number of aromatic nitrogens is 3. The standard InChI is InChI=1S/C24H23BrClN7O2/c25-16-2-1-3-17(11-16)30-24(34)31-21-5-4-15(10-20(21)26)19-12-18(13-32-6-8-35-9-7-32)33-22(19)23(27)28-14-29-33/h1-5,10-12,14H,6-9,13H2,(H2,27,28,29)(H2,30,31,34). The number of carbonyl (C=O) groups excluding carboxylic acids is 1. The van der Waals surface area contributed by atoms with Crippen LogP contribution < -0.4 is 16.4 Å². The summed E-state index contributed by atoms with van der Waals surface area (Å²) in [7, 11) is 0. The summed E-state index contributed by atoms with van der Waals surface area (Å²) in [6.07, 6.45) is 1.46. The number of hydrogen-bond donors (Lipinski definition) is 3. The number of hydrogen-bond acceptors (Lipinski definition) is 6. The number of anilines is 3. The van der Waals surface area contributed by atoms with Crippen molar-refractivity contribution in [2.24, 2.45) is 0 Å². The van der Waals surface area contributed by atoms with E-state index >= 15 is 0 Å². The highest BCUT2D eigenvalue weighted by Crippen LogP contribution is 2.34. The van der Waals surface area contributed by atoms with Gasteiger partial charge < -0.3 is 21.1 Å². The number of halogens is 2. The lowest BCUT2D eigenvalue weighted by Gasteiger charge is -2.26. The number of nitrogens with one attached hydrogen (secondary N) is 2. The van der Waals surface area contributed by atoms with Crippen LogP contribution in [0.25, 0.3) is 16.6 Å². The average molecular weight is 557 g/mol. The normalized spacial score (nSPS) is 14.2. The highest BCUT2D eigenvalue weighted by atomic mass is 79.9. The molecule has 2 aromatic carbocycles. The van der Waals surface area contributed by atoms with Gasteiger partial charge in [0.15, 0.2) is 5.82 Å². The van der Waals surface area contributed by atoms with E-state index in [1.165, 1.54) is 6.33 Å². The molecule has 0 saturated carbocycles. The summed E-state index contributed by atoms with van der Waals surface area (Å²) >= 11 is 9.96. The first-order chi connectivity index (χ1) is 17.0. The average Bonchev–Trinajstić information content (AvgIpc) is 3.20. The molecule has 5 rings (SSSR count). The molecule has 1 fully saturated rings. The smallest absolute Gasteiger partial charge is 0.323 e. The van der Waals surface area contributed by atoms with Gasteiger partial charge in [-0.05, 0) is 42.0 Å². The largest absolute Gasteiger partial charge is 0.382 e. The highest BCUT2D eigenvalue weighted by Gasteiger charge is 2.19. The molecule has 9 nitrogen and oxygen atoms in total. The topological polar surface area (TPSA) is 110 Å². The number of benzene rings is 2. The Morgan fingerprint density at radius 1 is 1.14 bits per heavy atom. The molecule has 1 aliphatic heterocycles. The molecule has 0 atom stereocenters. The van der Waals surface area contributed by atoms with Crippen molar-refractivity contribution in [2.75, 3.05) is 42.7 Å². The summed E-state index contributed by atoms with van der Waals surface area (Å²) < 4.78 is 8.16. The maximum atomic E-state index is 12.5. The fourth-order valence-electron chi connectivity index (χ4n) is 4.09. The number of morpholine rings is 1. The minimum absolute atomic E-state index is 0.384. The van der Waals surface area contributed by atoms with Gasteiger partial charge in [-0.25, -0.2) is 14.3 Å². The number of urea groups is 1. The molecule has 11 heteroatoms. The Kier molecular flexibility index (Phi) is 6.87. The van der Waals surface area contributed by atoms with Crippen LogP contribution in [-0.4, -0.2) is 51.8 Å². The summed E-state index contributed by atoms with van der Waals surface area (Å²) in [5.41, 5.74) is 10.8. The van der Waals surface area contributed by atoms with Crippen LogP contribution in [0.5, 0.6) is 0 Å². The molecule has 0 unspecified atom stereocenters. The van der Waals surface area contributed by atoms with Crippen molar-refractivity contribution in [3.05, 3.63) is 70.0 Å². The lowest BCUT2D eigenvalue weighted by atomic mass is 10.1. The summed E-state index contributed by atoms with van der Waals surface area (Å²) in [6, 6.07) is 14.5. The second-order valence-corrected chi connectivity index (χ2v) is 9.45. The van der Waals surface area contributed by atoms with E-state index in [2.05, 4.69) is 47.6 Å². The van der Waals surface area contributed by atoms with Crippen LogP contribution in [0.4, 0.5) is 22.0 Å². The van der Waals surface area contributed by atoms with Crippen LogP contribution in [-0.2, 0) is 11.3 Å². The van der Waals surface area contributed by atoms with E-state index in [0.29, 0.717) is 42.0 Å². The van der Waals surface area contributed by atoms with E-state index in [1.807, 2.05) is 28.8 Å². The quantitative estimate of drug-likeness (QED) is 0.324. The molecule has 2 amide bonds. The van der Waals surface area contributed by atoms with Crippen molar-refractivity contribution in [1.82, 2.24) is 19.5 Å². The molecule has 3 heterocycles. The minimum Gasteiger partial charge on any atom is -0.382 e.